The molecule has 0 aliphatic heterocycles. The molecule has 2 rings (SSSR count). The number of anilines is 2. The topological polar surface area (TPSA) is 123 Å². The summed E-state index contributed by atoms with van der Waals surface area (Å²) < 4.78 is 5.40. The lowest BCUT2D eigenvalue weighted by Crippen LogP contribution is -2.27. The van der Waals surface area contributed by atoms with Crippen molar-refractivity contribution in [2.45, 2.75) is 0 Å². The van der Waals surface area contributed by atoms with E-state index in [-0.39, 0.29) is 11.4 Å². The highest BCUT2D eigenvalue weighted by atomic mass is 35.5. The Morgan fingerprint density at radius 3 is 2.37 bits per heavy atom. The molecule has 0 aliphatic rings. The first-order valence-corrected chi connectivity index (χ1v) is 9.75. The summed E-state index contributed by atoms with van der Waals surface area (Å²) >= 11 is 11.7. The van der Waals surface area contributed by atoms with Gasteiger partial charge in [-0.2, -0.15) is 5.10 Å². The van der Waals surface area contributed by atoms with Crippen molar-refractivity contribution >= 4 is 52.2 Å². The van der Waals surface area contributed by atoms with E-state index in [0.29, 0.717) is 36.2 Å². The molecule has 10 nitrogen and oxygen atoms in total. The minimum absolute atomic E-state index is 0.0211. The van der Waals surface area contributed by atoms with E-state index in [0.717, 1.165) is 17.8 Å². The summed E-state index contributed by atoms with van der Waals surface area (Å²) in [5.74, 6) is 1.42. The van der Waals surface area contributed by atoms with Gasteiger partial charge < -0.3 is 9.64 Å². The van der Waals surface area contributed by atoms with Crippen LogP contribution in [0.3, 0.4) is 0 Å². The predicted octanol–water partition coefficient (Wildman–Crippen LogP) is 4.24. The number of non-ortho nitro benzene ring substituents is 1. The third-order valence-electron chi connectivity index (χ3n) is 4.07. The molecule has 0 saturated carbocycles. The number of methoxy groups -OCH3 is 1. The Hall–Kier alpha value is -3.11. The quantitative estimate of drug-likeness (QED) is 0.232. The molecule has 0 amide bonds. The van der Waals surface area contributed by atoms with Gasteiger partial charge in [0.2, 0.25) is 0 Å². The van der Waals surface area contributed by atoms with Crippen LogP contribution in [0.2, 0.25) is 0 Å². The van der Waals surface area contributed by atoms with Gasteiger partial charge in [-0.25, -0.2) is 0 Å². The normalized spacial score (nSPS) is 10.8. The molecule has 0 aromatic heterocycles. The van der Waals surface area contributed by atoms with Gasteiger partial charge in [-0.1, -0.05) is 0 Å². The van der Waals surface area contributed by atoms with Crippen molar-refractivity contribution in [3.05, 3.63) is 62.2 Å². The van der Waals surface area contributed by atoms with Gasteiger partial charge in [0.25, 0.3) is 5.69 Å². The summed E-state index contributed by atoms with van der Waals surface area (Å²) in [6.45, 7) is 1.24. The zero-order valence-electron chi connectivity index (χ0n) is 16.0. The van der Waals surface area contributed by atoms with Crippen molar-refractivity contribution in [2.75, 3.05) is 42.3 Å². The highest BCUT2D eigenvalue weighted by Gasteiger charge is 2.19. The van der Waals surface area contributed by atoms with E-state index in [9.17, 15) is 20.2 Å². The number of hydrogen-bond acceptors (Lipinski definition) is 8. The van der Waals surface area contributed by atoms with Crippen LogP contribution >= 0.6 is 23.2 Å². The average Bonchev–Trinajstić information content (AvgIpc) is 2.73. The molecule has 12 heteroatoms. The van der Waals surface area contributed by atoms with Crippen LogP contribution < -0.4 is 15.1 Å². The highest BCUT2D eigenvalue weighted by Crippen LogP contribution is 2.29. The lowest BCUT2D eigenvalue weighted by atomic mass is 10.2. The molecular weight excluding hydrogens is 437 g/mol. The number of hydrazone groups is 1. The molecule has 0 radical (unpaired) electrons. The lowest BCUT2D eigenvalue weighted by Gasteiger charge is -2.23. The van der Waals surface area contributed by atoms with Crippen molar-refractivity contribution in [1.29, 1.82) is 0 Å². The second-order valence-corrected chi connectivity index (χ2v) is 6.63. The number of alkyl halides is 2. The fourth-order valence-corrected chi connectivity index (χ4v) is 3.04. The first-order chi connectivity index (χ1) is 14.4. The largest absolute Gasteiger partial charge is 0.496 e. The smallest absolute Gasteiger partial charge is 0.301 e. The maximum atomic E-state index is 11.2. The summed E-state index contributed by atoms with van der Waals surface area (Å²) in [6.07, 6.45) is 1.43. The van der Waals surface area contributed by atoms with Crippen LogP contribution in [0.4, 0.5) is 22.7 Å². The molecule has 0 bridgehead atoms. The Balaban J connectivity index is 2.24. The molecule has 0 atom stereocenters. The predicted molar refractivity (Wildman–Crippen MR) is 118 cm³/mol. The molecule has 2 aromatic carbocycles. The maximum Gasteiger partial charge on any atom is 0.301 e. The molecule has 0 heterocycles. The Morgan fingerprint density at radius 1 is 1.10 bits per heavy atom. The monoisotopic (exact) mass is 455 g/mol. The van der Waals surface area contributed by atoms with Gasteiger partial charge in [-0.05, 0) is 18.2 Å². The average molecular weight is 456 g/mol. The minimum atomic E-state index is -0.720. The number of nitro groups is 2. The van der Waals surface area contributed by atoms with Crippen molar-refractivity contribution < 1.29 is 14.6 Å². The SMILES string of the molecule is COc1cc(N(CCCl)CCCl)ccc1C=NNc1ccc([N+](=O)[O-])cc1[N+](=O)[O-]. The van der Waals surface area contributed by atoms with Crippen molar-refractivity contribution in [3.63, 3.8) is 0 Å². The fraction of sp³-hybridized carbons (Fsp3) is 0.278. The standard InChI is InChI=1S/C18H19Cl2N5O5/c1-30-18-11-14(23(8-6-19)9-7-20)3-2-13(18)12-21-22-16-5-4-15(24(26)27)10-17(16)25(28)29/h2-5,10-12,22H,6-9H2,1H3. The molecule has 0 aliphatic carbocycles. The van der Waals surface area contributed by atoms with E-state index in [2.05, 4.69) is 10.5 Å². The number of halogens is 2. The number of nitrogens with one attached hydrogen (secondary N) is 1. The van der Waals surface area contributed by atoms with E-state index in [1.54, 1.807) is 6.07 Å². The second kappa shape index (κ2) is 11.2. The Morgan fingerprint density at radius 2 is 1.80 bits per heavy atom. The third-order valence-corrected chi connectivity index (χ3v) is 4.41. The minimum Gasteiger partial charge on any atom is -0.496 e. The van der Waals surface area contributed by atoms with E-state index in [1.807, 2.05) is 17.0 Å². The lowest BCUT2D eigenvalue weighted by molar-refractivity contribution is -0.393. The first kappa shape index (κ1) is 23.2. The molecule has 0 spiro atoms. The van der Waals surface area contributed by atoms with Crippen LogP contribution in [0.15, 0.2) is 41.5 Å². The van der Waals surface area contributed by atoms with Crippen LogP contribution in [-0.4, -0.2) is 48.0 Å². The number of benzene rings is 2. The molecule has 0 unspecified atom stereocenters. The summed E-state index contributed by atoms with van der Waals surface area (Å²) in [5.41, 5.74) is 3.22. The van der Waals surface area contributed by atoms with E-state index in [1.165, 1.54) is 19.4 Å². The van der Waals surface area contributed by atoms with Crippen LogP contribution in [0, 0.1) is 20.2 Å². The third kappa shape index (κ3) is 5.94. The fourth-order valence-electron chi connectivity index (χ4n) is 2.63. The Kier molecular flexibility index (Phi) is 8.63. The number of nitrogens with zero attached hydrogens (tertiary/aromatic N) is 4. The van der Waals surface area contributed by atoms with Gasteiger partial charge >= 0.3 is 5.69 Å². The number of rotatable bonds is 11. The molecule has 0 fully saturated rings. The zero-order valence-corrected chi connectivity index (χ0v) is 17.5. The molecule has 160 valence electrons. The van der Waals surface area contributed by atoms with Crippen molar-refractivity contribution in [3.8, 4) is 5.75 Å². The zero-order chi connectivity index (χ0) is 22.1. The Labute approximate surface area is 182 Å². The molecule has 0 saturated heterocycles. The van der Waals surface area contributed by atoms with E-state index < -0.39 is 15.5 Å². The van der Waals surface area contributed by atoms with Crippen LogP contribution in [-0.2, 0) is 0 Å². The summed E-state index contributed by atoms with van der Waals surface area (Å²) in [5, 5.41) is 26.0. The van der Waals surface area contributed by atoms with Gasteiger partial charge in [0.15, 0.2) is 0 Å². The first-order valence-electron chi connectivity index (χ1n) is 8.68. The van der Waals surface area contributed by atoms with Crippen LogP contribution in [0.5, 0.6) is 5.75 Å². The second-order valence-electron chi connectivity index (χ2n) is 5.88. The summed E-state index contributed by atoms with van der Waals surface area (Å²) in [7, 11) is 1.51. The Bertz CT molecular complexity index is 935. The van der Waals surface area contributed by atoms with Gasteiger partial charge in [-0.3, -0.25) is 25.7 Å². The van der Waals surface area contributed by atoms with Crippen LogP contribution in [0.25, 0.3) is 0 Å². The summed E-state index contributed by atoms with van der Waals surface area (Å²) in [6, 6.07) is 8.70. The number of hydrogen-bond donors (Lipinski definition) is 1. The van der Waals surface area contributed by atoms with Crippen molar-refractivity contribution in [2.24, 2.45) is 5.10 Å². The summed E-state index contributed by atoms with van der Waals surface area (Å²) in [4.78, 5) is 22.6. The molecule has 30 heavy (non-hydrogen) atoms. The van der Waals surface area contributed by atoms with E-state index in [4.69, 9.17) is 27.9 Å². The molecule has 1 N–H and O–H groups in total. The molecule has 2 aromatic rings. The number of ether oxygens (including phenoxy) is 1. The maximum absolute atomic E-state index is 11.2. The van der Waals surface area contributed by atoms with Gasteiger partial charge in [0.1, 0.15) is 11.4 Å². The molecular formula is C18H19Cl2N5O5. The van der Waals surface area contributed by atoms with Crippen molar-refractivity contribution in [1.82, 2.24) is 0 Å². The highest BCUT2D eigenvalue weighted by molar-refractivity contribution is 6.18. The number of nitro benzene ring substituents is 2. The van der Waals surface area contributed by atoms with E-state index >= 15 is 0 Å². The van der Waals surface area contributed by atoms with Gasteiger partial charge in [0.05, 0.1) is 29.2 Å². The van der Waals surface area contributed by atoms with Crippen LogP contribution in [0.1, 0.15) is 5.56 Å². The van der Waals surface area contributed by atoms with Gasteiger partial charge in [-0.15, -0.1) is 23.2 Å². The van der Waals surface area contributed by atoms with Gasteiger partial charge in [0, 0.05) is 48.2 Å².